The van der Waals surface area contributed by atoms with E-state index < -0.39 is 11.7 Å². The summed E-state index contributed by atoms with van der Waals surface area (Å²) < 4.78 is 52.1. The standard InChI is InChI=1S/C26H19F3N2O3S/c1-15-5-3-8-19-23(15)30-25-31(19)24(32)22(35-25)13-16-9-10-20(21(12-16)33-2)34-14-17-6-4-7-18(11-17)26(27,28)29/h3-13H,14H2,1-2H3. The van der Waals surface area contributed by atoms with E-state index in [0.717, 1.165) is 34.3 Å². The summed E-state index contributed by atoms with van der Waals surface area (Å²) in [6.45, 7) is 1.91. The number of ether oxygens (including phenoxy) is 2. The van der Waals surface area contributed by atoms with Crippen LogP contribution in [0.2, 0.25) is 0 Å². The van der Waals surface area contributed by atoms with Gasteiger partial charge in [0.15, 0.2) is 16.5 Å². The molecule has 0 unspecified atom stereocenters. The summed E-state index contributed by atoms with van der Waals surface area (Å²) in [5.41, 5.74) is 2.82. The Morgan fingerprint density at radius 1 is 1.06 bits per heavy atom. The van der Waals surface area contributed by atoms with E-state index >= 15 is 0 Å². The highest BCUT2D eigenvalue weighted by molar-refractivity contribution is 7.15. The zero-order valence-electron chi connectivity index (χ0n) is 18.7. The van der Waals surface area contributed by atoms with E-state index in [4.69, 9.17) is 9.47 Å². The van der Waals surface area contributed by atoms with Crippen molar-refractivity contribution in [2.24, 2.45) is 0 Å². The summed E-state index contributed by atoms with van der Waals surface area (Å²) in [5.74, 6) is 0.785. The first-order valence-corrected chi connectivity index (χ1v) is 11.5. The predicted molar refractivity (Wildman–Crippen MR) is 129 cm³/mol. The Hall–Kier alpha value is -3.85. The SMILES string of the molecule is COc1cc(C=c2sc3nc4c(C)cccc4n3c2=O)ccc1OCc1cccc(C(F)(F)F)c1. The lowest BCUT2D eigenvalue weighted by Crippen LogP contribution is -2.22. The summed E-state index contributed by atoms with van der Waals surface area (Å²) in [5, 5.41) is 0. The van der Waals surface area contributed by atoms with Gasteiger partial charge in [-0.05, 0) is 60.0 Å². The average Bonchev–Trinajstić information content (AvgIpc) is 3.35. The number of para-hydroxylation sites is 1. The van der Waals surface area contributed by atoms with Gasteiger partial charge < -0.3 is 9.47 Å². The minimum Gasteiger partial charge on any atom is -0.493 e. The van der Waals surface area contributed by atoms with E-state index in [9.17, 15) is 18.0 Å². The molecule has 9 heteroatoms. The number of methoxy groups -OCH3 is 1. The number of hydrogen-bond donors (Lipinski definition) is 0. The Labute approximate surface area is 201 Å². The Morgan fingerprint density at radius 3 is 2.63 bits per heavy atom. The largest absolute Gasteiger partial charge is 0.493 e. The van der Waals surface area contributed by atoms with Crippen LogP contribution < -0.4 is 19.6 Å². The van der Waals surface area contributed by atoms with Crippen molar-refractivity contribution in [2.45, 2.75) is 19.7 Å². The number of nitrogens with zero attached hydrogens (tertiary/aromatic N) is 2. The van der Waals surface area contributed by atoms with Crippen LogP contribution in [0.5, 0.6) is 11.5 Å². The highest BCUT2D eigenvalue weighted by Crippen LogP contribution is 2.31. The minimum atomic E-state index is -4.42. The third-order valence-electron chi connectivity index (χ3n) is 5.61. The summed E-state index contributed by atoms with van der Waals surface area (Å²) in [7, 11) is 1.48. The highest BCUT2D eigenvalue weighted by atomic mass is 32.1. The number of imidazole rings is 1. The van der Waals surface area contributed by atoms with Gasteiger partial charge in [0.05, 0.1) is 28.2 Å². The first-order chi connectivity index (χ1) is 16.7. The molecule has 0 bridgehead atoms. The third-order valence-corrected chi connectivity index (χ3v) is 6.57. The number of thiazole rings is 1. The first-order valence-electron chi connectivity index (χ1n) is 10.6. The van der Waals surface area contributed by atoms with Crippen molar-refractivity contribution in [1.29, 1.82) is 0 Å². The number of benzene rings is 3. The smallest absolute Gasteiger partial charge is 0.416 e. The van der Waals surface area contributed by atoms with Gasteiger partial charge >= 0.3 is 6.18 Å². The second-order valence-electron chi connectivity index (χ2n) is 7.99. The number of rotatable bonds is 5. The van der Waals surface area contributed by atoms with Gasteiger partial charge in [0.25, 0.3) is 5.56 Å². The lowest BCUT2D eigenvalue weighted by Gasteiger charge is -2.13. The highest BCUT2D eigenvalue weighted by Gasteiger charge is 2.30. The average molecular weight is 497 g/mol. The van der Waals surface area contributed by atoms with Crippen molar-refractivity contribution in [3.05, 3.63) is 97.8 Å². The molecular formula is C26H19F3N2O3S. The maximum absolute atomic E-state index is 13.1. The van der Waals surface area contributed by atoms with Crippen molar-refractivity contribution in [3.63, 3.8) is 0 Å². The van der Waals surface area contributed by atoms with Crippen LogP contribution in [0.4, 0.5) is 13.2 Å². The third kappa shape index (κ3) is 4.35. The van der Waals surface area contributed by atoms with Gasteiger partial charge in [-0.1, -0.05) is 41.7 Å². The summed E-state index contributed by atoms with van der Waals surface area (Å²) in [6.07, 6.45) is -2.66. The number of aryl methyl sites for hydroxylation is 1. The lowest BCUT2D eigenvalue weighted by molar-refractivity contribution is -0.137. The molecule has 3 aromatic carbocycles. The molecule has 0 saturated carbocycles. The van der Waals surface area contributed by atoms with Crippen LogP contribution in [0.15, 0.2) is 65.5 Å². The Balaban J connectivity index is 1.44. The predicted octanol–water partition coefficient (Wildman–Crippen LogP) is 5.37. The number of alkyl halides is 3. The molecule has 2 heterocycles. The molecular weight excluding hydrogens is 477 g/mol. The van der Waals surface area contributed by atoms with Crippen molar-refractivity contribution in [3.8, 4) is 11.5 Å². The maximum Gasteiger partial charge on any atom is 0.416 e. The molecule has 0 spiro atoms. The zero-order valence-corrected chi connectivity index (χ0v) is 19.5. The number of halogens is 3. The van der Waals surface area contributed by atoms with Gasteiger partial charge in [-0.25, -0.2) is 9.38 Å². The molecule has 5 nitrogen and oxygen atoms in total. The maximum atomic E-state index is 13.1. The quantitative estimate of drug-likeness (QED) is 0.328. The number of fused-ring (bicyclic) bond motifs is 3. The Bertz CT molecular complexity index is 1670. The number of hydrogen-bond acceptors (Lipinski definition) is 5. The van der Waals surface area contributed by atoms with Gasteiger partial charge in [-0.3, -0.25) is 4.79 Å². The van der Waals surface area contributed by atoms with Crippen molar-refractivity contribution >= 4 is 33.4 Å². The molecule has 0 N–H and O–H groups in total. The van der Waals surface area contributed by atoms with Crippen LogP contribution in [-0.4, -0.2) is 16.5 Å². The topological polar surface area (TPSA) is 52.8 Å². The second-order valence-corrected chi connectivity index (χ2v) is 8.99. The molecule has 0 radical (unpaired) electrons. The van der Waals surface area contributed by atoms with E-state index in [-0.39, 0.29) is 12.2 Å². The van der Waals surface area contributed by atoms with Gasteiger partial charge in [-0.15, -0.1) is 0 Å². The monoisotopic (exact) mass is 496 g/mol. The van der Waals surface area contributed by atoms with Crippen molar-refractivity contribution in [1.82, 2.24) is 9.38 Å². The molecule has 178 valence electrons. The normalized spacial score (nSPS) is 12.5. The van der Waals surface area contributed by atoms with E-state index in [0.29, 0.717) is 26.6 Å². The molecule has 2 aromatic heterocycles. The van der Waals surface area contributed by atoms with Crippen LogP contribution in [-0.2, 0) is 12.8 Å². The van der Waals surface area contributed by atoms with Crippen LogP contribution in [0.3, 0.4) is 0 Å². The number of aromatic nitrogens is 2. The summed E-state index contributed by atoms with van der Waals surface area (Å²) in [6, 6.07) is 15.9. The van der Waals surface area contributed by atoms with Crippen molar-refractivity contribution < 1.29 is 22.6 Å². The molecule has 0 aliphatic rings. The molecule has 0 atom stereocenters. The van der Waals surface area contributed by atoms with Crippen LogP contribution in [0.25, 0.3) is 22.1 Å². The fourth-order valence-electron chi connectivity index (χ4n) is 3.87. The lowest BCUT2D eigenvalue weighted by atomic mass is 10.1. The van der Waals surface area contributed by atoms with E-state index in [1.165, 1.54) is 24.5 Å². The molecule has 0 saturated heterocycles. The van der Waals surface area contributed by atoms with E-state index in [2.05, 4.69) is 4.98 Å². The Morgan fingerprint density at radius 2 is 1.86 bits per heavy atom. The van der Waals surface area contributed by atoms with Gasteiger partial charge in [-0.2, -0.15) is 13.2 Å². The molecule has 0 aliphatic carbocycles. The minimum absolute atomic E-state index is 0.0529. The Kier molecular flexibility index (Phi) is 5.72. The fraction of sp³-hybridized carbons (Fsp3) is 0.154. The van der Waals surface area contributed by atoms with E-state index in [1.807, 2.05) is 25.1 Å². The van der Waals surface area contributed by atoms with Gasteiger partial charge in [0.2, 0.25) is 0 Å². The molecule has 5 aromatic rings. The fourth-order valence-corrected chi connectivity index (χ4v) is 4.85. The van der Waals surface area contributed by atoms with Crippen molar-refractivity contribution in [2.75, 3.05) is 7.11 Å². The molecule has 0 amide bonds. The summed E-state index contributed by atoms with van der Waals surface area (Å²) in [4.78, 5) is 18.3. The molecule has 0 fully saturated rings. The van der Waals surface area contributed by atoms with Gasteiger partial charge in [0, 0.05) is 0 Å². The first kappa shape index (κ1) is 22.9. The zero-order chi connectivity index (χ0) is 24.7. The molecule has 5 rings (SSSR count). The molecule has 35 heavy (non-hydrogen) atoms. The van der Waals surface area contributed by atoms with Crippen LogP contribution >= 0.6 is 11.3 Å². The van der Waals surface area contributed by atoms with Crippen LogP contribution in [0, 0.1) is 6.92 Å². The molecule has 0 aliphatic heterocycles. The summed E-state index contributed by atoms with van der Waals surface area (Å²) >= 11 is 1.30. The van der Waals surface area contributed by atoms with Gasteiger partial charge in [0.1, 0.15) is 6.61 Å². The van der Waals surface area contributed by atoms with Crippen LogP contribution in [0.1, 0.15) is 22.3 Å². The van der Waals surface area contributed by atoms with E-state index in [1.54, 1.807) is 34.7 Å². The second kappa shape index (κ2) is 8.74.